The monoisotopic (exact) mass is 664 g/mol. The molecule has 0 amide bonds. The summed E-state index contributed by atoms with van der Waals surface area (Å²) in [6.45, 7) is 5.08. The molecule has 5 atom stereocenters. The highest BCUT2D eigenvalue weighted by Crippen LogP contribution is 2.76. The predicted molar refractivity (Wildman–Crippen MR) is 140 cm³/mol. The smallest absolute Gasteiger partial charge is 0.338 e. The van der Waals surface area contributed by atoms with Crippen LogP contribution in [0.3, 0.4) is 0 Å². The molecule has 3 aliphatic rings. The first-order valence-corrected chi connectivity index (χ1v) is 12.6. The average molecular weight is 667 g/mol. The number of allylic oxidation sites excluding steroid dienone is 2. The second-order valence-electron chi connectivity index (χ2n) is 8.84. The molecule has 1 saturated carbocycles. The minimum Gasteiger partial charge on any atom is -0.481 e. The van der Waals surface area contributed by atoms with E-state index in [0.29, 0.717) is 0 Å². The molecule has 0 aromatic rings. The molecule has 2 aliphatic carbocycles. The molecule has 17 heteroatoms. The van der Waals surface area contributed by atoms with Crippen LogP contribution >= 0.6 is 69.6 Å². The number of aliphatic hydroxyl groups excluding tert-OH is 4. The van der Waals surface area contributed by atoms with Crippen molar-refractivity contribution in [3.63, 3.8) is 0 Å². The van der Waals surface area contributed by atoms with Crippen molar-refractivity contribution in [2.45, 2.75) is 41.0 Å². The van der Waals surface area contributed by atoms with Crippen molar-refractivity contribution < 1.29 is 54.6 Å². The standard InChI is InChI=1S/C9H4Cl6O4.C5H12O2.C4H2O3.C3H8O2/c10-3-4(11)8(13)2(6(18)19)1(5(16)17)7(3,12)9(8,14)15;1-5(2,3-6)4-7;5-3-1-2-4(6)7-3;1-3(5)2-4/h1-2H,(H,16,17)(H,18,19);6-7H,3-4H2,1-2H3;1-2H;3-5H,2H2,1H3. The van der Waals surface area contributed by atoms with E-state index in [9.17, 15) is 29.4 Å². The van der Waals surface area contributed by atoms with Crippen molar-refractivity contribution in [3.05, 3.63) is 22.2 Å². The van der Waals surface area contributed by atoms with E-state index in [1.54, 1.807) is 13.8 Å². The summed E-state index contributed by atoms with van der Waals surface area (Å²) in [5, 5.41) is 50.6. The molecule has 3 rings (SSSR count). The maximum absolute atomic E-state index is 11.3. The number of aliphatic carboxylic acids is 2. The zero-order valence-electron chi connectivity index (χ0n) is 20.0. The van der Waals surface area contributed by atoms with Crippen LogP contribution in [0.15, 0.2) is 22.2 Å². The molecule has 6 N–H and O–H groups in total. The van der Waals surface area contributed by atoms with Crippen LogP contribution in [0.25, 0.3) is 0 Å². The molecule has 0 saturated heterocycles. The van der Waals surface area contributed by atoms with Crippen LogP contribution in [0, 0.1) is 17.3 Å². The number of hydrogen-bond acceptors (Lipinski definition) is 9. The number of cyclic esters (lactones) is 2. The topological polar surface area (TPSA) is 199 Å². The fourth-order valence-corrected chi connectivity index (χ4v) is 5.89. The Labute approximate surface area is 247 Å². The first-order chi connectivity index (χ1) is 17.1. The lowest BCUT2D eigenvalue weighted by Crippen LogP contribution is -2.45. The van der Waals surface area contributed by atoms with Crippen molar-refractivity contribution in [2.75, 3.05) is 19.8 Å². The van der Waals surface area contributed by atoms with E-state index in [1.807, 2.05) is 0 Å². The lowest BCUT2D eigenvalue weighted by Gasteiger charge is -2.31. The molecule has 5 unspecified atom stereocenters. The van der Waals surface area contributed by atoms with Gasteiger partial charge in [-0.1, -0.05) is 60.3 Å². The van der Waals surface area contributed by atoms with Gasteiger partial charge in [0.2, 0.25) is 0 Å². The fraction of sp³-hybridized carbons (Fsp3) is 0.619. The average Bonchev–Trinajstić information content (AvgIpc) is 3.31. The number of carboxylic acid groups (broad SMARTS) is 2. The van der Waals surface area contributed by atoms with Crippen LogP contribution in [-0.4, -0.2) is 94.5 Å². The minimum absolute atomic E-state index is 0.0451. The number of fused-ring (bicyclic) bond motifs is 2. The maximum atomic E-state index is 11.3. The molecular formula is C21H26Cl6O11. The van der Waals surface area contributed by atoms with Crippen LogP contribution in [0.2, 0.25) is 0 Å². The molecule has 1 heterocycles. The first kappa shape index (κ1) is 37.1. The number of esters is 2. The summed E-state index contributed by atoms with van der Waals surface area (Å²) < 4.78 is 1.80. The summed E-state index contributed by atoms with van der Waals surface area (Å²) in [5.74, 6) is -7.64. The highest BCUT2D eigenvalue weighted by atomic mass is 35.5. The Morgan fingerprint density at radius 1 is 0.895 bits per heavy atom. The SMILES string of the molecule is CC(C)(CO)CO.CC(O)CO.O=C(O)C1C(C(=O)O)C2(Cl)C(Cl)=C(Cl)C1(Cl)C2(Cl)Cl.O=C1C=CC(=O)O1. The summed E-state index contributed by atoms with van der Waals surface area (Å²) in [7, 11) is 0. The third-order valence-electron chi connectivity index (χ3n) is 5.14. The van der Waals surface area contributed by atoms with Crippen molar-refractivity contribution in [1.29, 1.82) is 0 Å². The van der Waals surface area contributed by atoms with Gasteiger partial charge in [-0.15, -0.1) is 23.2 Å². The van der Waals surface area contributed by atoms with E-state index < -0.39 is 55.9 Å². The lowest BCUT2D eigenvalue weighted by atomic mass is 9.82. The van der Waals surface area contributed by atoms with Crippen molar-refractivity contribution >= 4 is 93.5 Å². The lowest BCUT2D eigenvalue weighted by molar-refractivity contribution is -0.153. The van der Waals surface area contributed by atoms with Crippen molar-refractivity contribution in [3.8, 4) is 0 Å². The highest BCUT2D eigenvalue weighted by Gasteiger charge is 2.85. The molecule has 11 nitrogen and oxygen atoms in total. The highest BCUT2D eigenvalue weighted by molar-refractivity contribution is 6.66. The number of ether oxygens (including phenoxy) is 1. The molecule has 0 aromatic carbocycles. The summed E-state index contributed by atoms with van der Waals surface area (Å²) in [6.07, 6.45) is 1.61. The van der Waals surface area contributed by atoms with Crippen molar-refractivity contribution in [1.82, 2.24) is 0 Å². The number of carbonyl (C=O) groups is 4. The zero-order chi connectivity index (χ0) is 30.4. The largest absolute Gasteiger partial charge is 0.481 e. The molecule has 38 heavy (non-hydrogen) atoms. The maximum Gasteiger partial charge on any atom is 0.338 e. The number of carbonyl (C=O) groups excluding carboxylic acids is 2. The summed E-state index contributed by atoms with van der Waals surface area (Å²) in [5.41, 5.74) is -0.306. The quantitative estimate of drug-likeness (QED) is 0.143. The third kappa shape index (κ3) is 7.45. The van der Waals surface area contributed by atoms with Gasteiger partial charge in [0.25, 0.3) is 0 Å². The Morgan fingerprint density at radius 2 is 1.18 bits per heavy atom. The van der Waals surface area contributed by atoms with Gasteiger partial charge in [0, 0.05) is 17.6 Å². The number of alkyl halides is 4. The van der Waals surface area contributed by atoms with Gasteiger partial charge in [0.1, 0.15) is 9.75 Å². The molecule has 2 bridgehead atoms. The van der Waals surface area contributed by atoms with E-state index in [4.69, 9.17) is 90.0 Å². The summed E-state index contributed by atoms with van der Waals surface area (Å²) in [4.78, 5) is 38.3. The van der Waals surface area contributed by atoms with E-state index in [2.05, 4.69) is 4.74 Å². The number of halogens is 6. The van der Waals surface area contributed by atoms with Crippen LogP contribution in [-0.2, 0) is 23.9 Å². The Bertz CT molecular complexity index is 915. The van der Waals surface area contributed by atoms with Crippen molar-refractivity contribution in [2.24, 2.45) is 17.3 Å². The van der Waals surface area contributed by atoms with Gasteiger partial charge >= 0.3 is 23.9 Å². The van der Waals surface area contributed by atoms with Gasteiger partial charge in [-0.3, -0.25) is 9.59 Å². The van der Waals surface area contributed by atoms with Gasteiger partial charge < -0.3 is 35.4 Å². The van der Waals surface area contributed by atoms with Gasteiger partial charge in [-0.25, -0.2) is 9.59 Å². The summed E-state index contributed by atoms with van der Waals surface area (Å²) >= 11 is 36.2. The molecule has 1 aliphatic heterocycles. The van der Waals surface area contributed by atoms with E-state index in [0.717, 1.165) is 12.2 Å². The second kappa shape index (κ2) is 14.2. The molecule has 218 valence electrons. The van der Waals surface area contributed by atoms with Crippen LogP contribution in [0.1, 0.15) is 20.8 Å². The summed E-state index contributed by atoms with van der Waals surface area (Å²) in [6, 6.07) is 0. The second-order valence-corrected chi connectivity index (χ2v) is 12.1. The minimum atomic E-state index is -2.18. The van der Waals surface area contributed by atoms with E-state index in [1.165, 1.54) is 6.92 Å². The number of rotatable bonds is 5. The van der Waals surface area contributed by atoms with Gasteiger partial charge in [-0.2, -0.15) is 0 Å². The Kier molecular flexibility index (Phi) is 13.8. The predicted octanol–water partition coefficient (Wildman–Crippen LogP) is 2.22. The van der Waals surface area contributed by atoms with Gasteiger partial charge in [0.15, 0.2) is 4.33 Å². The molecular weight excluding hydrogens is 641 g/mol. The van der Waals surface area contributed by atoms with Crippen LogP contribution < -0.4 is 0 Å². The first-order valence-electron chi connectivity index (χ1n) is 10.4. The van der Waals surface area contributed by atoms with Gasteiger partial charge in [0.05, 0.1) is 47.8 Å². The number of hydrogen-bond donors (Lipinski definition) is 6. The number of carboxylic acids is 2. The molecule has 0 aromatic heterocycles. The molecule has 0 radical (unpaired) electrons. The Balaban J connectivity index is 0.000000589. The van der Waals surface area contributed by atoms with Crippen LogP contribution in [0.4, 0.5) is 0 Å². The fourth-order valence-electron chi connectivity index (χ4n) is 2.96. The normalized spacial score (nSPS) is 29.3. The van der Waals surface area contributed by atoms with Crippen LogP contribution in [0.5, 0.6) is 0 Å². The Morgan fingerprint density at radius 3 is 1.32 bits per heavy atom. The molecule has 0 spiro atoms. The van der Waals surface area contributed by atoms with E-state index in [-0.39, 0.29) is 35.3 Å². The van der Waals surface area contributed by atoms with Gasteiger partial charge in [-0.05, 0) is 6.92 Å². The zero-order valence-corrected chi connectivity index (χ0v) is 24.5. The number of aliphatic hydroxyl groups is 4. The Hall–Kier alpha value is -0.860. The molecule has 1 fully saturated rings. The van der Waals surface area contributed by atoms with E-state index >= 15 is 0 Å². The third-order valence-corrected chi connectivity index (χ3v) is 9.40.